The van der Waals surface area contributed by atoms with Crippen LogP contribution in [-0.2, 0) is 6.42 Å². The largest absolute Gasteiger partial charge is 0.334 e. The van der Waals surface area contributed by atoms with Crippen molar-refractivity contribution in [1.82, 2.24) is 9.97 Å². The van der Waals surface area contributed by atoms with Gasteiger partial charge in [0.1, 0.15) is 0 Å². The van der Waals surface area contributed by atoms with Crippen LogP contribution in [0.1, 0.15) is 55.6 Å². The highest BCUT2D eigenvalue weighted by Crippen LogP contribution is 2.31. The van der Waals surface area contributed by atoms with Crippen molar-refractivity contribution in [3.8, 4) is 0 Å². The molecule has 0 amide bonds. The van der Waals surface area contributed by atoms with Gasteiger partial charge in [-0.2, -0.15) is 0 Å². The predicted molar refractivity (Wildman–Crippen MR) is 63.4 cm³/mol. The maximum atomic E-state index is 6.14. The standard InChI is InChI=1S/C11H17N3S/c1-6(2)10-9-7(12)4-3-5-8(9)13-11(15)14-10/h6-7H,3-5,12H2,1-2H3,(H,13,14,15). The zero-order valence-corrected chi connectivity index (χ0v) is 10.0. The number of aromatic amines is 1. The summed E-state index contributed by atoms with van der Waals surface area (Å²) in [6, 6.07) is 0.130. The lowest BCUT2D eigenvalue weighted by molar-refractivity contribution is 0.542. The van der Waals surface area contributed by atoms with Gasteiger partial charge >= 0.3 is 0 Å². The Bertz CT molecular complexity index is 422. The van der Waals surface area contributed by atoms with Crippen LogP contribution in [0.4, 0.5) is 0 Å². The molecule has 0 bridgehead atoms. The summed E-state index contributed by atoms with van der Waals surface area (Å²) in [5.74, 6) is 0.388. The normalized spacial score (nSPS) is 20.4. The first-order valence-corrected chi connectivity index (χ1v) is 5.89. The number of H-pyrrole nitrogens is 1. The lowest BCUT2D eigenvalue weighted by atomic mass is 9.88. The quantitative estimate of drug-likeness (QED) is 0.719. The number of aryl methyl sites for hydroxylation is 1. The smallest absolute Gasteiger partial charge is 0.197 e. The van der Waals surface area contributed by atoms with Crippen LogP contribution in [0.5, 0.6) is 0 Å². The maximum absolute atomic E-state index is 6.14. The van der Waals surface area contributed by atoms with Gasteiger partial charge in [0.2, 0.25) is 0 Å². The predicted octanol–water partition coefficient (Wildman–Crippen LogP) is 2.60. The molecule has 0 aromatic carbocycles. The topological polar surface area (TPSA) is 54.7 Å². The molecule has 1 aliphatic carbocycles. The Balaban J connectivity index is 2.63. The van der Waals surface area contributed by atoms with Crippen molar-refractivity contribution in [1.29, 1.82) is 0 Å². The third-order valence-electron chi connectivity index (χ3n) is 2.94. The molecule has 1 unspecified atom stereocenters. The summed E-state index contributed by atoms with van der Waals surface area (Å²) in [6.45, 7) is 4.28. The number of nitrogens with one attached hydrogen (secondary N) is 1. The van der Waals surface area contributed by atoms with Crippen LogP contribution in [0.15, 0.2) is 0 Å². The summed E-state index contributed by atoms with van der Waals surface area (Å²) in [5.41, 5.74) is 9.64. The second kappa shape index (κ2) is 4.02. The first-order valence-electron chi connectivity index (χ1n) is 5.48. The fourth-order valence-corrected chi connectivity index (χ4v) is 2.46. The Labute approximate surface area is 95.1 Å². The molecule has 82 valence electrons. The number of aromatic nitrogens is 2. The van der Waals surface area contributed by atoms with E-state index in [4.69, 9.17) is 18.0 Å². The van der Waals surface area contributed by atoms with E-state index in [1.54, 1.807) is 0 Å². The van der Waals surface area contributed by atoms with Gasteiger partial charge in [-0.1, -0.05) is 13.8 Å². The third kappa shape index (κ3) is 1.96. The summed E-state index contributed by atoms with van der Waals surface area (Å²) in [5, 5.41) is 0. The van der Waals surface area contributed by atoms with Gasteiger partial charge in [0, 0.05) is 17.3 Å². The number of nitrogens with two attached hydrogens (primary N) is 1. The van der Waals surface area contributed by atoms with E-state index < -0.39 is 0 Å². The van der Waals surface area contributed by atoms with Gasteiger partial charge < -0.3 is 10.7 Å². The van der Waals surface area contributed by atoms with Crippen LogP contribution in [0.2, 0.25) is 0 Å². The molecule has 1 heterocycles. The minimum Gasteiger partial charge on any atom is -0.334 e. The summed E-state index contributed by atoms with van der Waals surface area (Å²) < 4.78 is 0.589. The molecule has 1 atom stereocenters. The second-order valence-electron chi connectivity index (χ2n) is 4.47. The molecule has 1 aliphatic rings. The Hall–Kier alpha value is -0.740. The summed E-state index contributed by atoms with van der Waals surface area (Å²) >= 11 is 5.14. The highest BCUT2D eigenvalue weighted by atomic mass is 32.1. The van der Waals surface area contributed by atoms with Crippen LogP contribution >= 0.6 is 12.2 Å². The van der Waals surface area contributed by atoms with E-state index >= 15 is 0 Å². The number of hydrogen-bond donors (Lipinski definition) is 2. The summed E-state index contributed by atoms with van der Waals surface area (Å²) in [4.78, 5) is 7.59. The molecule has 1 aromatic rings. The Morgan fingerprint density at radius 2 is 2.27 bits per heavy atom. The molecule has 0 aliphatic heterocycles. The average molecular weight is 223 g/mol. The zero-order valence-electron chi connectivity index (χ0n) is 9.21. The molecular weight excluding hydrogens is 206 g/mol. The molecular formula is C11H17N3S. The van der Waals surface area contributed by atoms with Gasteiger partial charge in [-0.25, -0.2) is 4.98 Å². The first kappa shape index (κ1) is 10.8. The molecule has 3 N–H and O–H groups in total. The highest BCUT2D eigenvalue weighted by Gasteiger charge is 2.23. The monoisotopic (exact) mass is 223 g/mol. The lowest BCUT2D eigenvalue weighted by Crippen LogP contribution is -2.22. The van der Waals surface area contributed by atoms with E-state index in [9.17, 15) is 0 Å². The fourth-order valence-electron chi connectivity index (χ4n) is 2.24. The van der Waals surface area contributed by atoms with Crippen molar-refractivity contribution >= 4 is 12.2 Å². The SMILES string of the molecule is CC(C)c1nc(=S)[nH]c2c1C(N)CCC2. The molecule has 4 heteroatoms. The lowest BCUT2D eigenvalue weighted by Gasteiger charge is -2.25. The van der Waals surface area contributed by atoms with Crippen LogP contribution in [0.3, 0.4) is 0 Å². The second-order valence-corrected chi connectivity index (χ2v) is 4.86. The van der Waals surface area contributed by atoms with Crippen molar-refractivity contribution in [3.63, 3.8) is 0 Å². The number of nitrogens with zero attached hydrogens (tertiary/aromatic N) is 1. The van der Waals surface area contributed by atoms with Crippen LogP contribution < -0.4 is 5.73 Å². The minimum absolute atomic E-state index is 0.130. The van der Waals surface area contributed by atoms with E-state index in [1.165, 1.54) is 11.3 Å². The van der Waals surface area contributed by atoms with Crippen molar-refractivity contribution in [2.24, 2.45) is 5.73 Å². The molecule has 1 aromatic heterocycles. The van der Waals surface area contributed by atoms with Crippen molar-refractivity contribution < 1.29 is 0 Å². The van der Waals surface area contributed by atoms with Crippen molar-refractivity contribution in [2.75, 3.05) is 0 Å². The van der Waals surface area contributed by atoms with E-state index in [0.29, 0.717) is 10.7 Å². The molecule has 15 heavy (non-hydrogen) atoms. The highest BCUT2D eigenvalue weighted by molar-refractivity contribution is 7.71. The van der Waals surface area contributed by atoms with Gasteiger partial charge in [-0.3, -0.25) is 0 Å². The van der Waals surface area contributed by atoms with Crippen LogP contribution in [0.25, 0.3) is 0 Å². The Morgan fingerprint density at radius 1 is 1.53 bits per heavy atom. The Kier molecular flexibility index (Phi) is 2.89. The van der Waals surface area contributed by atoms with Gasteiger partial charge in [-0.15, -0.1) is 0 Å². The molecule has 0 saturated carbocycles. The fraction of sp³-hybridized carbons (Fsp3) is 0.636. The average Bonchev–Trinajstić information content (AvgIpc) is 2.16. The van der Waals surface area contributed by atoms with Gasteiger partial charge in [0.25, 0.3) is 0 Å². The van der Waals surface area contributed by atoms with Gasteiger partial charge in [-0.05, 0) is 37.4 Å². The third-order valence-corrected chi connectivity index (χ3v) is 3.13. The maximum Gasteiger partial charge on any atom is 0.197 e. The molecule has 0 radical (unpaired) electrons. The number of hydrogen-bond acceptors (Lipinski definition) is 3. The van der Waals surface area contributed by atoms with E-state index in [0.717, 1.165) is 25.0 Å². The molecule has 0 saturated heterocycles. The van der Waals surface area contributed by atoms with Crippen LogP contribution in [-0.4, -0.2) is 9.97 Å². The number of rotatable bonds is 1. The minimum atomic E-state index is 0.130. The molecule has 0 spiro atoms. The van der Waals surface area contributed by atoms with Gasteiger partial charge in [0.15, 0.2) is 4.77 Å². The van der Waals surface area contributed by atoms with Gasteiger partial charge in [0.05, 0.1) is 5.69 Å². The first-order chi connectivity index (χ1) is 7.09. The molecule has 0 fully saturated rings. The summed E-state index contributed by atoms with van der Waals surface area (Å²) in [7, 11) is 0. The van der Waals surface area contributed by atoms with E-state index in [2.05, 4.69) is 23.8 Å². The molecule has 3 nitrogen and oxygen atoms in total. The number of fused-ring (bicyclic) bond motifs is 1. The van der Waals surface area contributed by atoms with Crippen molar-refractivity contribution in [3.05, 3.63) is 21.7 Å². The van der Waals surface area contributed by atoms with Crippen LogP contribution in [0, 0.1) is 4.77 Å². The van der Waals surface area contributed by atoms with Crippen molar-refractivity contribution in [2.45, 2.75) is 45.1 Å². The zero-order chi connectivity index (χ0) is 11.0. The van der Waals surface area contributed by atoms with E-state index in [1.807, 2.05) is 0 Å². The Morgan fingerprint density at radius 3 is 2.93 bits per heavy atom. The van der Waals surface area contributed by atoms with E-state index in [-0.39, 0.29) is 6.04 Å². The molecule has 2 rings (SSSR count). The summed E-state index contributed by atoms with van der Waals surface area (Å²) in [6.07, 6.45) is 3.24.